The third kappa shape index (κ3) is 3.48. The number of carbonyl (C=O) groups is 1. The van der Waals surface area contributed by atoms with E-state index in [4.69, 9.17) is 0 Å². The van der Waals surface area contributed by atoms with E-state index in [1.165, 1.54) is 8.61 Å². The lowest BCUT2D eigenvalue weighted by Crippen LogP contribution is -2.55. The van der Waals surface area contributed by atoms with Gasteiger partial charge in [-0.2, -0.15) is 4.31 Å². The van der Waals surface area contributed by atoms with Crippen LogP contribution in [0.4, 0.5) is 5.69 Å². The summed E-state index contributed by atoms with van der Waals surface area (Å²) in [4.78, 5) is 15.3. The van der Waals surface area contributed by atoms with Gasteiger partial charge in [0, 0.05) is 31.6 Å². The number of benzene rings is 3. The molecular formula is C24H25N3O5S2. The molecule has 2 aliphatic heterocycles. The van der Waals surface area contributed by atoms with Crippen LogP contribution in [0, 0.1) is 6.92 Å². The fourth-order valence-corrected chi connectivity index (χ4v) is 7.99. The van der Waals surface area contributed by atoms with Crippen molar-refractivity contribution in [1.82, 2.24) is 9.21 Å². The minimum absolute atomic E-state index is 0.150. The maximum Gasteiger partial charge on any atom is 0.265 e. The summed E-state index contributed by atoms with van der Waals surface area (Å²) < 4.78 is 55.2. The lowest BCUT2D eigenvalue weighted by molar-refractivity contribution is -0.133. The van der Waals surface area contributed by atoms with Crippen molar-refractivity contribution in [3.63, 3.8) is 0 Å². The van der Waals surface area contributed by atoms with Gasteiger partial charge in [0.2, 0.25) is 15.9 Å². The molecule has 0 N–H and O–H groups in total. The Kier molecular flexibility index (Phi) is 5.42. The first-order chi connectivity index (χ1) is 16.1. The van der Waals surface area contributed by atoms with Gasteiger partial charge in [0.25, 0.3) is 10.0 Å². The molecule has 1 amide bonds. The van der Waals surface area contributed by atoms with Crippen LogP contribution in [0.5, 0.6) is 0 Å². The predicted molar refractivity (Wildman–Crippen MR) is 130 cm³/mol. The van der Waals surface area contributed by atoms with Crippen molar-refractivity contribution in [3.8, 4) is 0 Å². The van der Waals surface area contributed by atoms with Crippen molar-refractivity contribution >= 4 is 42.4 Å². The Hall–Kier alpha value is -2.95. The molecule has 178 valence electrons. The molecule has 0 spiro atoms. The first-order valence-electron chi connectivity index (χ1n) is 11.0. The molecule has 5 rings (SSSR count). The molecule has 0 saturated carbocycles. The number of carbonyl (C=O) groups excluding carboxylic acids is 1. The molecule has 8 nitrogen and oxygen atoms in total. The van der Waals surface area contributed by atoms with Gasteiger partial charge < -0.3 is 4.90 Å². The van der Waals surface area contributed by atoms with Crippen molar-refractivity contribution in [2.24, 2.45) is 0 Å². The molecule has 1 atom stereocenters. The van der Waals surface area contributed by atoms with Crippen LogP contribution in [-0.4, -0.2) is 64.2 Å². The molecule has 1 unspecified atom stereocenters. The van der Waals surface area contributed by atoms with Crippen molar-refractivity contribution in [2.45, 2.75) is 29.7 Å². The Morgan fingerprint density at radius 3 is 2.18 bits per heavy atom. The molecule has 1 fully saturated rings. The van der Waals surface area contributed by atoms with Gasteiger partial charge in [-0.25, -0.2) is 16.8 Å². The van der Waals surface area contributed by atoms with Gasteiger partial charge in [-0.3, -0.25) is 9.10 Å². The molecule has 0 aromatic heterocycles. The molecule has 10 heteroatoms. The van der Waals surface area contributed by atoms with Crippen LogP contribution in [0.25, 0.3) is 10.8 Å². The summed E-state index contributed by atoms with van der Waals surface area (Å²) >= 11 is 0. The number of piperazine rings is 1. The van der Waals surface area contributed by atoms with E-state index in [-0.39, 0.29) is 41.9 Å². The molecule has 2 aliphatic rings. The predicted octanol–water partition coefficient (Wildman–Crippen LogP) is 2.58. The zero-order chi connectivity index (χ0) is 24.3. The first-order valence-corrected chi connectivity index (χ1v) is 13.9. The first kappa shape index (κ1) is 22.8. The number of rotatable bonds is 4. The quantitative estimate of drug-likeness (QED) is 0.550. The summed E-state index contributed by atoms with van der Waals surface area (Å²) in [7, 11) is -7.53. The van der Waals surface area contributed by atoms with Gasteiger partial charge in [0.05, 0.1) is 15.5 Å². The van der Waals surface area contributed by atoms with Crippen LogP contribution in [0.15, 0.2) is 70.5 Å². The van der Waals surface area contributed by atoms with Crippen LogP contribution in [-0.2, 0) is 24.8 Å². The molecule has 0 bridgehead atoms. The summed E-state index contributed by atoms with van der Waals surface area (Å²) in [6, 6.07) is 16.2. The van der Waals surface area contributed by atoms with Crippen LogP contribution >= 0.6 is 0 Å². The van der Waals surface area contributed by atoms with Crippen LogP contribution in [0.2, 0.25) is 0 Å². The molecule has 34 heavy (non-hydrogen) atoms. The second-order valence-electron chi connectivity index (χ2n) is 8.65. The average molecular weight is 500 g/mol. The number of nitrogens with zero attached hydrogens (tertiary/aromatic N) is 3. The summed E-state index contributed by atoms with van der Waals surface area (Å²) in [6.45, 7) is 4.16. The van der Waals surface area contributed by atoms with Crippen molar-refractivity contribution in [2.75, 3.05) is 30.5 Å². The minimum atomic E-state index is -3.88. The highest BCUT2D eigenvalue weighted by Crippen LogP contribution is 2.43. The number of anilines is 1. The molecular weight excluding hydrogens is 474 g/mol. The van der Waals surface area contributed by atoms with Crippen LogP contribution in [0.3, 0.4) is 0 Å². The summed E-state index contributed by atoms with van der Waals surface area (Å²) in [5.74, 6) is -0.347. The van der Waals surface area contributed by atoms with Gasteiger partial charge in [-0.1, -0.05) is 42.0 Å². The Morgan fingerprint density at radius 2 is 1.53 bits per heavy atom. The van der Waals surface area contributed by atoms with Gasteiger partial charge in [0.15, 0.2) is 0 Å². The Balaban J connectivity index is 1.35. The number of aryl methyl sites for hydroxylation is 1. The molecule has 2 heterocycles. The van der Waals surface area contributed by atoms with Gasteiger partial charge in [-0.15, -0.1) is 0 Å². The summed E-state index contributed by atoms with van der Waals surface area (Å²) in [6.07, 6.45) is 0. The van der Waals surface area contributed by atoms with E-state index in [0.29, 0.717) is 11.1 Å². The Labute approximate surface area is 199 Å². The standard InChI is InChI=1S/C24H25N3O5S2/c1-17-9-11-20(12-10-17)33(29,30)26-15-13-25(14-16-26)24(28)18(2)27-21-7-3-5-19-6-4-8-22(23(19)21)34(27,31)32/h3-12,18H,13-16H2,1-2H3. The van der Waals surface area contributed by atoms with Crippen LogP contribution < -0.4 is 4.31 Å². The third-order valence-corrected chi connectivity index (χ3v) is 10.4. The van der Waals surface area contributed by atoms with E-state index < -0.39 is 26.1 Å². The maximum atomic E-state index is 13.4. The highest BCUT2D eigenvalue weighted by atomic mass is 32.2. The van der Waals surface area contributed by atoms with Crippen LogP contribution in [0.1, 0.15) is 12.5 Å². The van der Waals surface area contributed by atoms with Gasteiger partial charge in [-0.05, 0) is 43.5 Å². The minimum Gasteiger partial charge on any atom is -0.338 e. The Bertz CT molecular complexity index is 1490. The monoisotopic (exact) mass is 499 g/mol. The fourth-order valence-electron chi connectivity index (χ4n) is 4.71. The molecule has 3 aromatic rings. The second kappa shape index (κ2) is 8.07. The summed E-state index contributed by atoms with van der Waals surface area (Å²) in [5.41, 5.74) is 1.47. The summed E-state index contributed by atoms with van der Waals surface area (Å²) in [5, 5.41) is 1.43. The van der Waals surface area contributed by atoms with Crippen molar-refractivity contribution in [1.29, 1.82) is 0 Å². The highest BCUT2D eigenvalue weighted by molar-refractivity contribution is 7.93. The van der Waals surface area contributed by atoms with E-state index >= 15 is 0 Å². The third-order valence-electron chi connectivity index (χ3n) is 6.54. The normalized spacial score (nSPS) is 18.9. The number of amides is 1. The molecule has 1 saturated heterocycles. The molecule has 0 aliphatic carbocycles. The second-order valence-corrected chi connectivity index (χ2v) is 12.4. The largest absolute Gasteiger partial charge is 0.338 e. The van der Waals surface area contributed by atoms with Crippen molar-refractivity contribution in [3.05, 3.63) is 66.2 Å². The maximum absolute atomic E-state index is 13.4. The molecule has 3 aromatic carbocycles. The SMILES string of the molecule is Cc1ccc(S(=O)(=O)N2CCN(C(=O)C(C)N3c4cccc5cccc(c45)S3(=O)=O)CC2)cc1. The topological polar surface area (TPSA) is 95.1 Å². The number of sulfonamides is 2. The lowest BCUT2D eigenvalue weighted by atomic mass is 10.1. The van der Waals surface area contributed by atoms with Crippen molar-refractivity contribution < 1.29 is 21.6 Å². The highest BCUT2D eigenvalue weighted by Gasteiger charge is 2.42. The smallest absolute Gasteiger partial charge is 0.265 e. The van der Waals surface area contributed by atoms with E-state index in [0.717, 1.165) is 10.9 Å². The number of hydrogen-bond donors (Lipinski definition) is 0. The van der Waals surface area contributed by atoms with Gasteiger partial charge >= 0.3 is 0 Å². The fraction of sp³-hybridized carbons (Fsp3) is 0.292. The zero-order valence-electron chi connectivity index (χ0n) is 18.9. The Morgan fingerprint density at radius 1 is 0.912 bits per heavy atom. The van der Waals surface area contributed by atoms with Gasteiger partial charge in [0.1, 0.15) is 6.04 Å². The van der Waals surface area contributed by atoms with E-state index in [1.54, 1.807) is 60.4 Å². The zero-order valence-corrected chi connectivity index (χ0v) is 20.5. The van der Waals surface area contributed by atoms with E-state index in [9.17, 15) is 21.6 Å². The van der Waals surface area contributed by atoms with E-state index in [1.807, 2.05) is 19.1 Å². The lowest BCUT2D eigenvalue weighted by Gasteiger charge is -2.37. The van der Waals surface area contributed by atoms with E-state index in [2.05, 4.69) is 0 Å². The molecule has 0 radical (unpaired) electrons. The number of hydrogen-bond acceptors (Lipinski definition) is 5. The average Bonchev–Trinajstić information content (AvgIpc) is 3.06.